The molecule has 2 aliphatic rings. The van der Waals surface area contributed by atoms with Crippen molar-refractivity contribution in [1.82, 2.24) is 0 Å². The first kappa shape index (κ1) is 26.4. The molecule has 0 fully saturated rings. The Hall–Kier alpha value is -1.19. The van der Waals surface area contributed by atoms with E-state index in [4.69, 9.17) is 0 Å². The maximum atomic E-state index is 2.51. The number of allylic oxidation sites excluding steroid dienone is 2. The fourth-order valence-electron chi connectivity index (χ4n) is 6.29. The molecule has 0 saturated carbocycles. The van der Waals surface area contributed by atoms with E-state index < -0.39 is 18.6 Å². The van der Waals surface area contributed by atoms with Gasteiger partial charge in [-0.3, -0.25) is 0 Å². The first-order valence-corrected chi connectivity index (χ1v) is 26.4. The van der Waals surface area contributed by atoms with E-state index in [0.717, 1.165) is 0 Å². The summed E-state index contributed by atoms with van der Waals surface area (Å²) >= 11 is -3.09. The molecular weight excluding hydrogens is 626 g/mol. The molecule has 0 spiro atoms. The summed E-state index contributed by atoms with van der Waals surface area (Å²) in [5.74, 6) is 0. The maximum Gasteiger partial charge on any atom is -0.147 e. The summed E-state index contributed by atoms with van der Waals surface area (Å²) in [7, 11) is 0. The molecule has 0 aromatic heterocycles. The molecule has 2 aliphatic carbocycles. The van der Waals surface area contributed by atoms with E-state index in [1.807, 2.05) is 0 Å². The topological polar surface area (TPSA) is 0 Å². The van der Waals surface area contributed by atoms with E-state index in [0.29, 0.717) is 7.35 Å². The van der Waals surface area contributed by atoms with Gasteiger partial charge in [0.15, 0.2) is 0 Å². The molecular formula is C29H33Cl2HfSi. The molecule has 171 valence electrons. The van der Waals surface area contributed by atoms with Gasteiger partial charge in [-0.2, -0.15) is 0 Å². The van der Waals surface area contributed by atoms with Crippen LogP contribution < -0.4 is 0 Å². The van der Waals surface area contributed by atoms with Gasteiger partial charge >= 0.3 is 194 Å². The van der Waals surface area contributed by atoms with Crippen molar-refractivity contribution in [2.24, 2.45) is 0 Å². The van der Waals surface area contributed by atoms with Crippen molar-refractivity contribution in [3.63, 3.8) is 0 Å². The molecule has 3 aromatic carbocycles. The van der Waals surface area contributed by atoms with E-state index in [9.17, 15) is 0 Å². The standard InChI is InChI=1S/2C11H11.C7H7.2ClH.Hf.H2Si/c2*1-8-6-10-5-3-4-9(2)11(10)7-8;1-7-5-3-2-4-6-7;;;;/h2*3-7H,1-2H3;2-6H,1H2;2*1H;;1H2. The van der Waals surface area contributed by atoms with Gasteiger partial charge in [-0.25, -0.2) is 0 Å². The molecule has 5 rings (SSSR count). The second-order valence-corrected chi connectivity index (χ2v) is 34.7. The SMILES string of the molecule is CC1=Cc2c(C)cccc2[CH]1[Hf](=[SiH2])([CH2]c1ccccc1)[CH]1C(C)=Cc2c(C)cccc21.Cl.Cl. The van der Waals surface area contributed by atoms with Gasteiger partial charge in [0.2, 0.25) is 0 Å². The maximum absolute atomic E-state index is 3.09. The molecule has 0 aliphatic heterocycles. The van der Waals surface area contributed by atoms with Gasteiger partial charge < -0.3 is 0 Å². The van der Waals surface area contributed by atoms with Gasteiger partial charge in [-0.1, -0.05) is 0 Å². The molecule has 0 heterocycles. The van der Waals surface area contributed by atoms with Gasteiger partial charge in [-0.15, -0.1) is 24.8 Å². The molecule has 0 saturated heterocycles. The van der Waals surface area contributed by atoms with Crippen molar-refractivity contribution in [1.29, 1.82) is 0 Å². The molecule has 0 N–H and O–H groups in total. The van der Waals surface area contributed by atoms with Gasteiger partial charge in [0.25, 0.3) is 0 Å². The summed E-state index contributed by atoms with van der Waals surface area (Å²) < 4.78 is 2.57. The number of halogens is 2. The monoisotopic (exact) mass is 659 g/mol. The Morgan fingerprint density at radius 2 is 1.09 bits per heavy atom. The normalized spacial score (nSPS) is 19.9. The molecule has 2 unspecified atom stereocenters. The van der Waals surface area contributed by atoms with Crippen LogP contribution in [-0.4, -0.2) is 6.94 Å². The minimum Gasteiger partial charge on any atom is -0.147 e. The number of fused-ring (bicyclic) bond motifs is 2. The molecule has 2 atom stereocenters. The molecule has 0 bridgehead atoms. The van der Waals surface area contributed by atoms with Crippen LogP contribution in [0.5, 0.6) is 0 Å². The van der Waals surface area contributed by atoms with E-state index in [-0.39, 0.29) is 24.8 Å². The fraction of sp³-hybridized carbons (Fsp3) is 0.241. The minimum atomic E-state index is -3.09. The van der Waals surface area contributed by atoms with Crippen LogP contribution in [-0.2, 0) is 22.8 Å². The predicted molar refractivity (Wildman–Crippen MR) is 148 cm³/mol. The van der Waals surface area contributed by atoms with Crippen LogP contribution in [0.4, 0.5) is 0 Å². The van der Waals surface area contributed by atoms with Crippen LogP contribution in [0.25, 0.3) is 12.2 Å². The molecule has 3 aromatic rings. The van der Waals surface area contributed by atoms with Crippen molar-refractivity contribution in [2.45, 2.75) is 39.2 Å². The van der Waals surface area contributed by atoms with Gasteiger partial charge in [-0.05, 0) is 0 Å². The van der Waals surface area contributed by atoms with Crippen LogP contribution in [0.1, 0.15) is 60.1 Å². The van der Waals surface area contributed by atoms with Crippen LogP contribution in [0.3, 0.4) is 0 Å². The van der Waals surface area contributed by atoms with E-state index in [2.05, 4.69) is 114 Å². The molecule has 0 radical (unpaired) electrons. The van der Waals surface area contributed by atoms with Gasteiger partial charge in [0.1, 0.15) is 0 Å². The van der Waals surface area contributed by atoms with Crippen molar-refractivity contribution in [3.05, 3.63) is 117 Å². The van der Waals surface area contributed by atoms with E-state index in [1.54, 1.807) is 22.3 Å². The second kappa shape index (κ2) is 10.2. The van der Waals surface area contributed by atoms with Gasteiger partial charge in [0.05, 0.1) is 0 Å². The van der Waals surface area contributed by atoms with Crippen LogP contribution in [0.15, 0.2) is 77.9 Å². The molecule has 4 heteroatoms. The van der Waals surface area contributed by atoms with Crippen molar-refractivity contribution < 1.29 is 18.6 Å². The molecule has 0 amide bonds. The number of hydrogen-bond acceptors (Lipinski definition) is 0. The first-order chi connectivity index (χ1) is 14.9. The smallest absolute Gasteiger partial charge is 0.147 e. The van der Waals surface area contributed by atoms with Crippen LogP contribution in [0.2, 0.25) is 0 Å². The predicted octanol–water partition coefficient (Wildman–Crippen LogP) is 7.67. The second-order valence-electron chi connectivity index (χ2n) is 9.69. The zero-order valence-electron chi connectivity index (χ0n) is 19.9. The van der Waals surface area contributed by atoms with Crippen molar-refractivity contribution in [2.75, 3.05) is 0 Å². The number of rotatable bonds is 4. The zero-order chi connectivity index (χ0) is 21.8. The zero-order valence-corrected chi connectivity index (χ0v) is 26.5. The third-order valence-corrected chi connectivity index (χ3v) is 33.8. The summed E-state index contributed by atoms with van der Waals surface area (Å²) in [5.41, 5.74) is 13.8. The number of benzene rings is 3. The van der Waals surface area contributed by atoms with E-state index in [1.165, 1.54) is 32.0 Å². The van der Waals surface area contributed by atoms with E-state index >= 15 is 0 Å². The quantitative estimate of drug-likeness (QED) is 0.253. The average Bonchev–Trinajstić information content (AvgIpc) is 3.27. The Balaban J connectivity index is 0.00000153. The Bertz CT molecular complexity index is 1210. The number of hydrogen-bond donors (Lipinski definition) is 0. The Morgan fingerprint density at radius 1 is 0.636 bits per heavy atom. The van der Waals surface area contributed by atoms with Crippen LogP contribution in [0, 0.1) is 13.8 Å². The summed E-state index contributed by atoms with van der Waals surface area (Å²) in [6.45, 7) is 11.8. The number of aryl methyl sites for hydroxylation is 2. The average molecular weight is 659 g/mol. The summed E-state index contributed by atoms with van der Waals surface area (Å²) in [6, 6.07) is 25.3. The Morgan fingerprint density at radius 3 is 1.55 bits per heavy atom. The molecule has 33 heavy (non-hydrogen) atoms. The van der Waals surface area contributed by atoms with Crippen molar-refractivity contribution >= 4 is 43.9 Å². The first-order valence-electron chi connectivity index (χ1n) is 11.3. The van der Waals surface area contributed by atoms with Crippen molar-refractivity contribution in [3.8, 4) is 0 Å². The largest absolute Gasteiger partial charge is 0.147 e. The van der Waals surface area contributed by atoms with Gasteiger partial charge in [0, 0.05) is 0 Å². The molecule has 0 nitrogen and oxygen atoms in total. The summed E-state index contributed by atoms with van der Waals surface area (Å²) in [4.78, 5) is 0. The summed E-state index contributed by atoms with van der Waals surface area (Å²) in [6.07, 6.45) is 5.02. The third kappa shape index (κ3) is 4.45. The Kier molecular flexibility index (Phi) is 8.16. The third-order valence-electron chi connectivity index (χ3n) is 7.52. The Labute approximate surface area is 217 Å². The minimum absolute atomic E-state index is 0. The summed E-state index contributed by atoms with van der Waals surface area (Å²) in [5, 5.41) is 0. The van der Waals surface area contributed by atoms with Crippen LogP contribution >= 0.6 is 24.8 Å². The fourth-order valence-corrected chi connectivity index (χ4v) is 37.1.